The number of aliphatic hydroxyl groups is 3. The normalized spacial score (nSPS) is 41.5. The number of rotatable bonds is 9. The Morgan fingerprint density at radius 1 is 1.00 bits per heavy atom. The molecule has 0 bridgehead atoms. The summed E-state index contributed by atoms with van der Waals surface area (Å²) in [6.45, 7) is 6.05. The summed E-state index contributed by atoms with van der Waals surface area (Å²) in [5, 5.41) is 38.2. The predicted molar refractivity (Wildman–Crippen MR) is 143 cm³/mol. The van der Waals surface area contributed by atoms with Crippen LogP contribution < -0.4 is 40.2 Å². The molecule has 4 aliphatic carbocycles. The molecule has 0 radical (unpaired) electrons. The topological polar surface area (TPSA) is 176 Å². The predicted octanol–water partition coefficient (Wildman–Crippen LogP) is -1.85. The maximum atomic E-state index is 12.4. The van der Waals surface area contributed by atoms with Gasteiger partial charge >= 0.3 is 29.6 Å². The molecule has 10 nitrogen and oxygen atoms in total. The molecule has 2 amide bonds. The number of hydrogen-bond donors (Lipinski definition) is 5. The van der Waals surface area contributed by atoms with Gasteiger partial charge in [0.15, 0.2) is 0 Å². The van der Waals surface area contributed by atoms with E-state index >= 15 is 0 Å². The molecule has 5 N–H and O–H groups in total. The minimum Gasteiger partial charge on any atom is -0.748 e. The van der Waals surface area contributed by atoms with E-state index in [0.29, 0.717) is 12.8 Å². The van der Waals surface area contributed by atoms with E-state index in [4.69, 9.17) is 0 Å². The zero-order valence-electron chi connectivity index (χ0n) is 24.5. The van der Waals surface area contributed by atoms with Crippen molar-refractivity contribution < 1.29 is 67.4 Å². The average molecular weight is 595 g/mol. The van der Waals surface area contributed by atoms with E-state index < -0.39 is 34.0 Å². The Hall–Kier alpha value is -0.270. The van der Waals surface area contributed by atoms with Crippen molar-refractivity contribution in [1.29, 1.82) is 0 Å². The smallest absolute Gasteiger partial charge is 0.748 e. The second kappa shape index (κ2) is 13.2. The van der Waals surface area contributed by atoms with Crippen molar-refractivity contribution >= 4 is 21.9 Å². The molecule has 4 fully saturated rings. The Kier molecular flexibility index (Phi) is 11.3. The van der Waals surface area contributed by atoms with Crippen LogP contribution in [-0.2, 0) is 19.7 Å². The maximum Gasteiger partial charge on any atom is 1.00 e. The van der Waals surface area contributed by atoms with Gasteiger partial charge in [-0.05, 0) is 97.7 Å². The standard InChI is InChI=1S/C28H48N2O8S.Na/c1-16(4-7-24(34)30-15-25(35)29-10-11-39(36,37)38)19-5-6-20-26-21(14-23(33)28(19,20)3)27(2)9-8-18(31)12-17(27)13-22(26)32;/h16-23,26,31-33H,4-15H2,1-3H3,(H,29,35)(H,30,34)(H,36,37,38);/q;+1/p-1/t16-,17?,18-,19-,20+,21+,22-,23+,26+,27+,28-;/m1./s1. The summed E-state index contributed by atoms with van der Waals surface area (Å²) in [6.07, 6.45) is 5.39. The first-order valence-electron chi connectivity index (χ1n) is 14.7. The van der Waals surface area contributed by atoms with Crippen LogP contribution in [0.3, 0.4) is 0 Å². The molecule has 0 spiro atoms. The second-order valence-corrected chi connectivity index (χ2v) is 15.0. The van der Waals surface area contributed by atoms with Gasteiger partial charge in [-0.1, -0.05) is 20.8 Å². The van der Waals surface area contributed by atoms with Crippen LogP contribution in [0.4, 0.5) is 0 Å². The van der Waals surface area contributed by atoms with Crippen LogP contribution in [0.2, 0.25) is 0 Å². The molecular formula is C28H47N2NaO8S. The first-order chi connectivity index (χ1) is 18.2. The van der Waals surface area contributed by atoms with Gasteiger partial charge in [0.05, 0.1) is 40.7 Å². The van der Waals surface area contributed by atoms with Gasteiger partial charge in [-0.2, -0.15) is 0 Å². The molecule has 4 saturated carbocycles. The zero-order valence-corrected chi connectivity index (χ0v) is 27.3. The van der Waals surface area contributed by atoms with Crippen LogP contribution in [0.15, 0.2) is 0 Å². The van der Waals surface area contributed by atoms with Gasteiger partial charge in [0.2, 0.25) is 11.8 Å². The van der Waals surface area contributed by atoms with Crippen molar-refractivity contribution in [3.63, 3.8) is 0 Å². The summed E-state index contributed by atoms with van der Waals surface area (Å²) < 4.78 is 31.9. The van der Waals surface area contributed by atoms with Gasteiger partial charge in [-0.25, -0.2) is 8.42 Å². The molecule has 0 aromatic heterocycles. The fourth-order valence-corrected chi connectivity index (χ4v) is 9.69. The summed E-state index contributed by atoms with van der Waals surface area (Å²) in [5.74, 6) is -0.259. The first-order valence-corrected chi connectivity index (χ1v) is 16.3. The number of hydrogen-bond acceptors (Lipinski definition) is 8. The number of carbonyl (C=O) groups is 2. The SMILES string of the molecule is C[C@H](CCC(=O)NCC(=O)NCCS(=O)(=O)[O-])[C@H]1CC[C@H]2[C@@H]3[C@H](O)CC4C[C@H](O)CC[C@]4(C)[C@H]3C[C@H](O)[C@]12C.[Na+]. The Morgan fingerprint density at radius 2 is 1.70 bits per heavy atom. The second-order valence-electron chi connectivity index (χ2n) is 13.4. The van der Waals surface area contributed by atoms with Gasteiger partial charge in [0, 0.05) is 13.0 Å². The minimum atomic E-state index is -4.41. The third-order valence-corrected chi connectivity index (χ3v) is 12.2. The van der Waals surface area contributed by atoms with Crippen molar-refractivity contribution in [3.8, 4) is 0 Å². The molecule has 0 aromatic rings. The molecule has 0 saturated heterocycles. The number of carbonyl (C=O) groups excluding carboxylic acids is 2. The van der Waals surface area contributed by atoms with Crippen molar-refractivity contribution in [2.24, 2.45) is 46.3 Å². The molecule has 1 unspecified atom stereocenters. The van der Waals surface area contributed by atoms with Crippen LogP contribution in [0, 0.1) is 46.3 Å². The van der Waals surface area contributed by atoms with Crippen LogP contribution in [0.5, 0.6) is 0 Å². The van der Waals surface area contributed by atoms with Crippen LogP contribution in [0.25, 0.3) is 0 Å². The van der Waals surface area contributed by atoms with E-state index in [1.165, 1.54) is 0 Å². The number of nitrogens with one attached hydrogen (secondary N) is 2. The molecule has 4 rings (SSSR count). The van der Waals surface area contributed by atoms with Crippen LogP contribution >= 0.6 is 0 Å². The van der Waals surface area contributed by atoms with Crippen LogP contribution in [0.1, 0.15) is 78.6 Å². The van der Waals surface area contributed by atoms with Gasteiger partial charge in [-0.3, -0.25) is 9.59 Å². The fourth-order valence-electron chi connectivity index (χ4n) is 9.34. The molecule has 0 heterocycles. The van der Waals surface area contributed by atoms with Gasteiger partial charge in [-0.15, -0.1) is 0 Å². The van der Waals surface area contributed by atoms with Crippen molar-refractivity contribution in [2.45, 2.75) is 96.9 Å². The molecule has 0 aliphatic heterocycles. The van der Waals surface area contributed by atoms with E-state index in [-0.39, 0.29) is 107 Å². The Bertz CT molecular complexity index is 1030. The summed E-state index contributed by atoms with van der Waals surface area (Å²) in [4.78, 5) is 24.2. The van der Waals surface area contributed by atoms with E-state index in [2.05, 4.69) is 31.4 Å². The molecule has 4 aliphatic rings. The monoisotopic (exact) mass is 594 g/mol. The largest absolute Gasteiger partial charge is 1.00 e. The Labute approximate surface area is 260 Å². The van der Waals surface area contributed by atoms with E-state index in [9.17, 15) is 37.9 Å². The number of fused-ring (bicyclic) bond motifs is 5. The van der Waals surface area contributed by atoms with Gasteiger partial charge < -0.3 is 30.5 Å². The van der Waals surface area contributed by atoms with Gasteiger partial charge in [0.1, 0.15) is 0 Å². The molecular weight excluding hydrogens is 547 g/mol. The van der Waals surface area contributed by atoms with Crippen LogP contribution in [-0.4, -0.2) is 77.3 Å². The summed E-state index contributed by atoms with van der Waals surface area (Å²) >= 11 is 0. The number of amides is 2. The molecule has 40 heavy (non-hydrogen) atoms. The first kappa shape index (κ1) is 34.2. The van der Waals surface area contributed by atoms with Gasteiger partial charge in [0.25, 0.3) is 0 Å². The van der Waals surface area contributed by atoms with Crippen molar-refractivity contribution in [1.82, 2.24) is 10.6 Å². The zero-order chi connectivity index (χ0) is 28.8. The average Bonchev–Trinajstić information content (AvgIpc) is 3.20. The molecule has 12 heteroatoms. The Morgan fingerprint density at radius 3 is 2.38 bits per heavy atom. The Balaban J connectivity index is 0.00000441. The number of aliphatic hydroxyl groups excluding tert-OH is 3. The third kappa shape index (κ3) is 6.93. The quantitative estimate of drug-likeness (QED) is 0.153. The summed E-state index contributed by atoms with van der Waals surface area (Å²) in [6, 6.07) is 0. The summed E-state index contributed by atoms with van der Waals surface area (Å²) in [7, 11) is -4.41. The van der Waals surface area contributed by atoms with E-state index in [1.54, 1.807) is 0 Å². The van der Waals surface area contributed by atoms with E-state index in [0.717, 1.165) is 38.5 Å². The summed E-state index contributed by atoms with van der Waals surface area (Å²) in [5.41, 5.74) is -0.306. The molecule has 0 aromatic carbocycles. The fraction of sp³-hybridized carbons (Fsp3) is 0.929. The maximum absolute atomic E-state index is 12.4. The molecule has 11 atom stereocenters. The van der Waals surface area contributed by atoms with Crippen molar-refractivity contribution in [2.75, 3.05) is 18.8 Å². The minimum absolute atomic E-state index is 0. The van der Waals surface area contributed by atoms with Crippen molar-refractivity contribution in [3.05, 3.63) is 0 Å². The third-order valence-electron chi connectivity index (χ3n) is 11.5. The van der Waals surface area contributed by atoms with E-state index in [1.807, 2.05) is 0 Å². The molecule has 224 valence electrons.